The van der Waals surface area contributed by atoms with Crippen LogP contribution in [0, 0.1) is 6.92 Å². The summed E-state index contributed by atoms with van der Waals surface area (Å²) < 4.78 is 16.3. The number of rotatable bonds is 5. The Bertz CT molecular complexity index is 882. The zero-order valence-corrected chi connectivity index (χ0v) is 13.9. The Labute approximate surface area is 140 Å². The first-order chi connectivity index (χ1) is 11.7. The van der Waals surface area contributed by atoms with Crippen LogP contribution in [0.1, 0.15) is 21.7 Å². The van der Waals surface area contributed by atoms with Crippen molar-refractivity contribution in [2.45, 2.75) is 13.5 Å². The van der Waals surface area contributed by atoms with Gasteiger partial charge in [-0.3, -0.25) is 4.79 Å². The molecule has 0 aliphatic carbocycles. The monoisotopic (exact) mass is 325 g/mol. The van der Waals surface area contributed by atoms with Crippen LogP contribution < -0.4 is 14.8 Å². The predicted molar refractivity (Wildman–Crippen MR) is 91.7 cm³/mol. The average Bonchev–Trinajstić information content (AvgIpc) is 2.96. The molecule has 2 aromatic carbocycles. The number of carbonyl (C=O) groups is 1. The number of furan rings is 1. The van der Waals surface area contributed by atoms with Gasteiger partial charge in [-0.05, 0) is 19.1 Å². The van der Waals surface area contributed by atoms with Crippen molar-refractivity contribution < 1.29 is 18.7 Å². The number of nitrogens with one attached hydrogen (secondary N) is 1. The summed E-state index contributed by atoms with van der Waals surface area (Å²) in [5.74, 6) is 1.32. The Hall–Kier alpha value is -2.95. The standard InChI is InChI=1S/C19H19NO4/c1-12-14-8-4-5-9-15(14)24-17(12)19(21)20-11-13-7-6-10-16(22-2)18(13)23-3/h4-10H,11H2,1-3H3,(H,20,21). The molecule has 0 spiro atoms. The van der Waals surface area contributed by atoms with Crippen molar-refractivity contribution in [2.75, 3.05) is 14.2 Å². The van der Waals surface area contributed by atoms with Gasteiger partial charge >= 0.3 is 0 Å². The third-order valence-electron chi connectivity index (χ3n) is 3.97. The van der Waals surface area contributed by atoms with Crippen molar-refractivity contribution >= 4 is 16.9 Å². The number of ether oxygens (including phenoxy) is 2. The number of aryl methyl sites for hydroxylation is 1. The molecule has 3 rings (SSSR count). The van der Waals surface area contributed by atoms with Gasteiger partial charge in [0.15, 0.2) is 17.3 Å². The maximum atomic E-state index is 12.5. The molecule has 5 heteroatoms. The van der Waals surface area contributed by atoms with Gasteiger partial charge in [-0.15, -0.1) is 0 Å². The minimum absolute atomic E-state index is 0.256. The smallest absolute Gasteiger partial charge is 0.287 e. The van der Waals surface area contributed by atoms with Crippen LogP contribution in [0.5, 0.6) is 11.5 Å². The van der Waals surface area contributed by atoms with Crippen molar-refractivity contribution in [2.24, 2.45) is 0 Å². The van der Waals surface area contributed by atoms with E-state index in [4.69, 9.17) is 13.9 Å². The van der Waals surface area contributed by atoms with Crippen LogP contribution >= 0.6 is 0 Å². The molecule has 1 heterocycles. The number of fused-ring (bicyclic) bond motifs is 1. The molecule has 0 saturated carbocycles. The van der Waals surface area contributed by atoms with Crippen LogP contribution in [-0.2, 0) is 6.54 Å². The summed E-state index contributed by atoms with van der Waals surface area (Å²) in [6, 6.07) is 13.2. The highest BCUT2D eigenvalue weighted by atomic mass is 16.5. The molecule has 0 atom stereocenters. The molecule has 0 bridgehead atoms. The molecule has 0 unspecified atom stereocenters. The van der Waals surface area contributed by atoms with E-state index in [-0.39, 0.29) is 5.91 Å². The van der Waals surface area contributed by atoms with Crippen LogP contribution in [0.4, 0.5) is 0 Å². The second kappa shape index (κ2) is 6.66. The summed E-state index contributed by atoms with van der Waals surface area (Å²) in [4.78, 5) is 12.5. The average molecular weight is 325 g/mol. The van der Waals surface area contributed by atoms with Gasteiger partial charge in [0.1, 0.15) is 5.58 Å². The Morgan fingerprint density at radius 1 is 1.08 bits per heavy atom. The number of carbonyl (C=O) groups excluding carboxylic acids is 1. The molecule has 0 aliphatic heterocycles. The molecule has 1 N–H and O–H groups in total. The third-order valence-corrected chi connectivity index (χ3v) is 3.97. The number of methoxy groups -OCH3 is 2. The first-order valence-corrected chi connectivity index (χ1v) is 7.62. The Kier molecular flexibility index (Phi) is 4.42. The lowest BCUT2D eigenvalue weighted by Gasteiger charge is -2.12. The van der Waals surface area contributed by atoms with Gasteiger partial charge in [-0.2, -0.15) is 0 Å². The summed E-state index contributed by atoms with van der Waals surface area (Å²) in [5.41, 5.74) is 2.37. The van der Waals surface area contributed by atoms with Gasteiger partial charge in [0.25, 0.3) is 5.91 Å². The number of benzene rings is 2. The number of amides is 1. The lowest BCUT2D eigenvalue weighted by Crippen LogP contribution is -2.23. The Morgan fingerprint density at radius 2 is 1.88 bits per heavy atom. The van der Waals surface area contributed by atoms with Gasteiger partial charge in [0.2, 0.25) is 0 Å². The van der Waals surface area contributed by atoms with Crippen molar-refractivity contribution in [3.8, 4) is 11.5 Å². The van der Waals surface area contributed by atoms with Crippen LogP contribution in [0.2, 0.25) is 0 Å². The van der Waals surface area contributed by atoms with E-state index in [9.17, 15) is 4.79 Å². The zero-order valence-electron chi connectivity index (χ0n) is 13.9. The number of para-hydroxylation sites is 2. The minimum atomic E-state index is -0.256. The largest absolute Gasteiger partial charge is 0.493 e. The van der Waals surface area contributed by atoms with E-state index in [0.29, 0.717) is 29.4 Å². The van der Waals surface area contributed by atoms with Crippen molar-refractivity contribution in [1.82, 2.24) is 5.32 Å². The molecular weight excluding hydrogens is 306 g/mol. The molecule has 0 fully saturated rings. The highest BCUT2D eigenvalue weighted by molar-refractivity contribution is 5.98. The topological polar surface area (TPSA) is 60.7 Å². The molecule has 5 nitrogen and oxygen atoms in total. The first-order valence-electron chi connectivity index (χ1n) is 7.62. The molecule has 0 saturated heterocycles. The Balaban J connectivity index is 1.82. The van der Waals surface area contributed by atoms with Gasteiger partial charge in [0, 0.05) is 23.1 Å². The second-order valence-electron chi connectivity index (χ2n) is 5.39. The fourth-order valence-corrected chi connectivity index (χ4v) is 2.74. The highest BCUT2D eigenvalue weighted by Crippen LogP contribution is 2.30. The summed E-state index contributed by atoms with van der Waals surface area (Å²) in [6.07, 6.45) is 0. The van der Waals surface area contributed by atoms with Crippen molar-refractivity contribution in [3.05, 3.63) is 59.4 Å². The van der Waals surface area contributed by atoms with Gasteiger partial charge in [0.05, 0.1) is 14.2 Å². The van der Waals surface area contributed by atoms with Crippen LogP contribution in [0.15, 0.2) is 46.9 Å². The van der Waals surface area contributed by atoms with E-state index in [1.807, 2.05) is 49.4 Å². The molecule has 0 aliphatic rings. The van der Waals surface area contributed by atoms with E-state index < -0.39 is 0 Å². The first kappa shape index (κ1) is 15.9. The molecular formula is C19H19NO4. The van der Waals surface area contributed by atoms with Gasteiger partial charge in [-0.25, -0.2) is 0 Å². The highest BCUT2D eigenvalue weighted by Gasteiger charge is 2.18. The SMILES string of the molecule is COc1cccc(CNC(=O)c2oc3ccccc3c2C)c1OC. The maximum absolute atomic E-state index is 12.5. The zero-order chi connectivity index (χ0) is 17.1. The van der Waals surface area contributed by atoms with Crippen LogP contribution in [0.25, 0.3) is 11.0 Å². The molecule has 1 aromatic heterocycles. The van der Waals surface area contributed by atoms with Crippen LogP contribution in [0.3, 0.4) is 0 Å². The summed E-state index contributed by atoms with van der Waals surface area (Å²) >= 11 is 0. The number of hydrogen-bond acceptors (Lipinski definition) is 4. The van der Waals surface area contributed by atoms with E-state index in [1.165, 1.54) is 0 Å². The van der Waals surface area contributed by atoms with Crippen molar-refractivity contribution in [3.63, 3.8) is 0 Å². The lowest BCUT2D eigenvalue weighted by atomic mass is 10.1. The molecule has 3 aromatic rings. The van der Waals surface area contributed by atoms with Crippen LogP contribution in [-0.4, -0.2) is 20.1 Å². The molecule has 124 valence electrons. The van der Waals surface area contributed by atoms with Gasteiger partial charge < -0.3 is 19.2 Å². The summed E-state index contributed by atoms with van der Waals surface area (Å²) in [7, 11) is 3.16. The second-order valence-corrected chi connectivity index (χ2v) is 5.39. The normalized spacial score (nSPS) is 10.6. The van der Waals surface area contributed by atoms with Gasteiger partial charge in [-0.1, -0.05) is 30.3 Å². The molecule has 1 amide bonds. The van der Waals surface area contributed by atoms with Crippen molar-refractivity contribution in [1.29, 1.82) is 0 Å². The summed E-state index contributed by atoms with van der Waals surface area (Å²) in [5, 5.41) is 3.82. The fourth-order valence-electron chi connectivity index (χ4n) is 2.74. The van der Waals surface area contributed by atoms with E-state index in [2.05, 4.69) is 5.32 Å². The quantitative estimate of drug-likeness (QED) is 0.777. The fraction of sp³-hybridized carbons (Fsp3) is 0.211. The maximum Gasteiger partial charge on any atom is 0.287 e. The summed E-state index contributed by atoms with van der Waals surface area (Å²) in [6.45, 7) is 2.20. The predicted octanol–water partition coefficient (Wildman–Crippen LogP) is 3.69. The molecule has 0 radical (unpaired) electrons. The van der Waals surface area contributed by atoms with E-state index >= 15 is 0 Å². The van der Waals surface area contributed by atoms with E-state index in [1.54, 1.807) is 14.2 Å². The third kappa shape index (κ3) is 2.80. The number of hydrogen-bond donors (Lipinski definition) is 1. The Morgan fingerprint density at radius 3 is 2.58 bits per heavy atom. The minimum Gasteiger partial charge on any atom is -0.493 e. The van der Waals surface area contributed by atoms with E-state index in [0.717, 1.165) is 16.5 Å². The lowest BCUT2D eigenvalue weighted by molar-refractivity contribution is 0.0924. The molecule has 24 heavy (non-hydrogen) atoms.